The molecule has 7 nitrogen and oxygen atoms in total. The van der Waals surface area contributed by atoms with E-state index in [1.165, 1.54) is 12.1 Å². The summed E-state index contributed by atoms with van der Waals surface area (Å²) in [5, 5.41) is 12.0. The number of nitrogens with zero attached hydrogens (tertiary/aromatic N) is 6. The molecule has 27 heavy (non-hydrogen) atoms. The van der Waals surface area contributed by atoms with Crippen molar-refractivity contribution < 1.29 is 8.91 Å². The molecule has 0 bridgehead atoms. The fraction of sp³-hybridized carbons (Fsp3) is 0.167. The predicted molar refractivity (Wildman–Crippen MR) is 99.4 cm³/mol. The summed E-state index contributed by atoms with van der Waals surface area (Å²) in [5.74, 6) is 1.49. The van der Waals surface area contributed by atoms with Gasteiger partial charge in [0.15, 0.2) is 17.5 Å². The summed E-state index contributed by atoms with van der Waals surface area (Å²) in [6, 6.07) is 9.70. The zero-order valence-electron chi connectivity index (χ0n) is 14.3. The summed E-state index contributed by atoms with van der Waals surface area (Å²) >= 11 is 4.61. The first kappa shape index (κ1) is 17.3. The first-order valence-corrected chi connectivity index (χ1v) is 8.80. The Bertz CT molecular complexity index is 1060. The quantitative estimate of drug-likeness (QED) is 0.532. The number of rotatable bonds is 5. The van der Waals surface area contributed by atoms with Gasteiger partial charge in [-0.3, -0.25) is 4.98 Å². The Kier molecular flexibility index (Phi) is 4.68. The van der Waals surface area contributed by atoms with Crippen LogP contribution in [0.25, 0.3) is 22.8 Å². The fourth-order valence-corrected chi connectivity index (χ4v) is 3.04. The highest BCUT2D eigenvalue weighted by molar-refractivity contribution is 7.80. The maximum absolute atomic E-state index is 13.4. The number of aromatic nitrogens is 6. The molecular formula is C18H15FN6OS. The third kappa shape index (κ3) is 3.33. The van der Waals surface area contributed by atoms with Crippen molar-refractivity contribution >= 4 is 12.6 Å². The van der Waals surface area contributed by atoms with Crippen LogP contribution in [-0.4, -0.2) is 29.9 Å². The van der Waals surface area contributed by atoms with Gasteiger partial charge in [-0.1, -0.05) is 11.2 Å². The van der Waals surface area contributed by atoms with Gasteiger partial charge >= 0.3 is 0 Å². The van der Waals surface area contributed by atoms with Gasteiger partial charge in [0.05, 0.1) is 0 Å². The molecule has 136 valence electrons. The van der Waals surface area contributed by atoms with Crippen molar-refractivity contribution in [3.8, 4) is 22.8 Å². The molecule has 0 radical (unpaired) electrons. The molecule has 0 spiro atoms. The molecule has 0 aliphatic carbocycles. The van der Waals surface area contributed by atoms with Crippen molar-refractivity contribution in [2.45, 2.75) is 18.7 Å². The van der Waals surface area contributed by atoms with Crippen LogP contribution in [0.2, 0.25) is 0 Å². The molecule has 0 amide bonds. The molecule has 4 rings (SSSR count). The molecule has 4 aromatic rings. The molecular weight excluding hydrogens is 367 g/mol. The second-order valence-corrected chi connectivity index (χ2v) is 6.25. The predicted octanol–water partition coefficient (Wildman–Crippen LogP) is 3.57. The largest absolute Gasteiger partial charge is 0.334 e. The Hall–Kier alpha value is -3.07. The van der Waals surface area contributed by atoms with Gasteiger partial charge in [0.1, 0.15) is 11.1 Å². The lowest BCUT2D eigenvalue weighted by Crippen LogP contribution is -2.08. The first-order chi connectivity index (χ1) is 13.2. The van der Waals surface area contributed by atoms with E-state index in [2.05, 4.69) is 38.0 Å². The van der Waals surface area contributed by atoms with Gasteiger partial charge < -0.3 is 9.09 Å². The lowest BCUT2D eigenvalue weighted by atomic mass is 10.2. The minimum absolute atomic E-state index is 0.223. The number of hydrogen-bond acceptors (Lipinski definition) is 7. The Labute approximate surface area is 159 Å². The average molecular weight is 382 g/mol. The van der Waals surface area contributed by atoms with E-state index in [9.17, 15) is 4.39 Å². The second-order valence-electron chi connectivity index (χ2n) is 5.73. The summed E-state index contributed by atoms with van der Waals surface area (Å²) in [6.07, 6.45) is 3.40. The molecule has 0 aliphatic rings. The molecule has 3 heterocycles. The van der Waals surface area contributed by atoms with Gasteiger partial charge in [0.25, 0.3) is 5.89 Å². The van der Waals surface area contributed by atoms with Crippen molar-refractivity contribution in [2.75, 3.05) is 0 Å². The highest BCUT2D eigenvalue weighted by Crippen LogP contribution is 2.29. The van der Waals surface area contributed by atoms with E-state index < -0.39 is 5.25 Å². The van der Waals surface area contributed by atoms with Crippen LogP contribution in [0.4, 0.5) is 4.39 Å². The molecule has 0 saturated carbocycles. The van der Waals surface area contributed by atoms with Crippen molar-refractivity contribution in [1.29, 1.82) is 0 Å². The SMILES string of the molecule is CCn1c(-c2ccncc2)nnc1C(S)c1noc(-c2cccc(F)c2)n1. The standard InChI is InChI=1S/C18H15FN6OS/c1-2-25-16(11-6-8-20-9-7-11)22-23-17(25)14(27)15-21-18(26-24-15)12-4-3-5-13(19)10-12/h3-10,14,27H,2H2,1H3. The third-order valence-electron chi connectivity index (χ3n) is 4.04. The second kappa shape index (κ2) is 7.28. The third-order valence-corrected chi connectivity index (χ3v) is 4.50. The van der Waals surface area contributed by atoms with Crippen LogP contribution in [-0.2, 0) is 6.54 Å². The molecule has 1 atom stereocenters. The normalized spacial score (nSPS) is 12.3. The smallest absolute Gasteiger partial charge is 0.258 e. The number of pyridine rings is 1. The van der Waals surface area contributed by atoms with Crippen molar-refractivity contribution in [1.82, 2.24) is 29.9 Å². The maximum Gasteiger partial charge on any atom is 0.258 e. The fourth-order valence-electron chi connectivity index (χ4n) is 2.74. The number of hydrogen-bond donors (Lipinski definition) is 1. The summed E-state index contributed by atoms with van der Waals surface area (Å²) in [5.41, 5.74) is 1.41. The van der Waals surface area contributed by atoms with E-state index in [0.717, 1.165) is 5.56 Å². The molecule has 3 aromatic heterocycles. The average Bonchev–Trinajstić information content (AvgIpc) is 3.35. The van der Waals surface area contributed by atoms with E-state index in [4.69, 9.17) is 4.52 Å². The van der Waals surface area contributed by atoms with Gasteiger partial charge in [0.2, 0.25) is 0 Å². The van der Waals surface area contributed by atoms with E-state index in [0.29, 0.717) is 29.6 Å². The summed E-state index contributed by atoms with van der Waals surface area (Å²) in [7, 11) is 0. The van der Waals surface area contributed by atoms with E-state index in [1.54, 1.807) is 24.5 Å². The van der Waals surface area contributed by atoms with E-state index >= 15 is 0 Å². The zero-order valence-corrected chi connectivity index (χ0v) is 15.2. The molecule has 0 saturated heterocycles. The first-order valence-electron chi connectivity index (χ1n) is 8.28. The summed E-state index contributed by atoms with van der Waals surface area (Å²) < 4.78 is 20.6. The van der Waals surface area contributed by atoms with Crippen molar-refractivity contribution in [3.05, 3.63) is 66.3 Å². The number of halogens is 1. The lowest BCUT2D eigenvalue weighted by molar-refractivity contribution is 0.422. The van der Waals surface area contributed by atoms with Crippen molar-refractivity contribution in [3.63, 3.8) is 0 Å². The van der Waals surface area contributed by atoms with Crippen molar-refractivity contribution in [2.24, 2.45) is 0 Å². The van der Waals surface area contributed by atoms with Crippen LogP contribution in [0.5, 0.6) is 0 Å². The number of thiol groups is 1. The van der Waals surface area contributed by atoms with Crippen LogP contribution in [0.15, 0.2) is 53.3 Å². The summed E-state index contributed by atoms with van der Waals surface area (Å²) in [4.78, 5) is 8.37. The maximum atomic E-state index is 13.4. The molecule has 0 aliphatic heterocycles. The van der Waals surface area contributed by atoms with Gasteiger partial charge in [0, 0.05) is 30.1 Å². The molecule has 0 N–H and O–H groups in total. The van der Waals surface area contributed by atoms with E-state index in [-0.39, 0.29) is 11.7 Å². The zero-order chi connectivity index (χ0) is 18.8. The Morgan fingerprint density at radius 1 is 1.15 bits per heavy atom. The highest BCUT2D eigenvalue weighted by Gasteiger charge is 2.24. The highest BCUT2D eigenvalue weighted by atomic mass is 32.1. The van der Waals surface area contributed by atoms with E-state index in [1.807, 2.05) is 23.6 Å². The Balaban J connectivity index is 1.68. The molecule has 9 heteroatoms. The van der Waals surface area contributed by atoms with Gasteiger partial charge in [-0.2, -0.15) is 17.6 Å². The van der Waals surface area contributed by atoms with Crippen LogP contribution in [0.1, 0.15) is 23.8 Å². The lowest BCUT2D eigenvalue weighted by Gasteiger charge is -2.10. The summed E-state index contributed by atoms with van der Waals surface area (Å²) in [6.45, 7) is 2.64. The molecule has 0 fully saturated rings. The minimum Gasteiger partial charge on any atom is -0.334 e. The minimum atomic E-state index is -0.543. The van der Waals surface area contributed by atoms with Gasteiger partial charge in [-0.25, -0.2) is 4.39 Å². The Morgan fingerprint density at radius 3 is 2.70 bits per heavy atom. The Morgan fingerprint density at radius 2 is 1.96 bits per heavy atom. The monoisotopic (exact) mass is 382 g/mol. The van der Waals surface area contributed by atoms with Crippen LogP contribution in [0, 0.1) is 5.82 Å². The topological polar surface area (TPSA) is 82.5 Å². The van der Waals surface area contributed by atoms with Crippen LogP contribution in [0.3, 0.4) is 0 Å². The van der Waals surface area contributed by atoms with Gasteiger partial charge in [-0.15, -0.1) is 10.2 Å². The number of benzene rings is 1. The van der Waals surface area contributed by atoms with Crippen LogP contribution >= 0.6 is 12.6 Å². The van der Waals surface area contributed by atoms with Gasteiger partial charge in [-0.05, 0) is 37.3 Å². The molecule has 1 unspecified atom stereocenters. The van der Waals surface area contributed by atoms with Crippen LogP contribution < -0.4 is 0 Å². The molecule has 1 aromatic carbocycles.